The lowest BCUT2D eigenvalue weighted by molar-refractivity contribution is 1.16. The molecule has 5 heteroatoms. The minimum absolute atomic E-state index is 0.0158. The summed E-state index contributed by atoms with van der Waals surface area (Å²) in [5.74, 6) is 0. The van der Waals surface area contributed by atoms with Crippen LogP contribution in [0.5, 0.6) is 0 Å². The molecule has 0 aliphatic carbocycles. The van der Waals surface area contributed by atoms with Crippen molar-refractivity contribution in [2.24, 2.45) is 0 Å². The number of aromatic nitrogens is 2. The first-order chi connectivity index (χ1) is 24.3. The third kappa shape index (κ3) is 4.33. The Morgan fingerprint density at radius 1 is 0.429 bits per heavy atom. The summed E-state index contributed by atoms with van der Waals surface area (Å²) in [5, 5.41) is 1.16. The van der Waals surface area contributed by atoms with E-state index in [-0.39, 0.29) is 6.71 Å². The first-order valence-electron chi connectivity index (χ1n) is 16.7. The molecule has 0 radical (unpaired) electrons. The van der Waals surface area contributed by atoms with Crippen molar-refractivity contribution in [3.05, 3.63) is 176 Å². The SMILES string of the molecule is c1ccc(-c2ccc(N3c4ccccc4N(c4ccncc4)c4ccccc43)cc2B2c3ccccc3-c3nc4ccccc4cc32)cc1. The molecule has 2 aliphatic heterocycles. The lowest BCUT2D eigenvalue weighted by Crippen LogP contribution is -2.50. The molecule has 6 aromatic carbocycles. The van der Waals surface area contributed by atoms with Crippen LogP contribution in [0.2, 0.25) is 0 Å². The average molecular weight is 625 g/mol. The quantitative estimate of drug-likeness (QED) is 0.183. The van der Waals surface area contributed by atoms with E-state index in [4.69, 9.17) is 4.98 Å². The van der Waals surface area contributed by atoms with Crippen LogP contribution in [0.3, 0.4) is 0 Å². The van der Waals surface area contributed by atoms with Crippen molar-refractivity contribution < 1.29 is 0 Å². The van der Waals surface area contributed by atoms with Gasteiger partial charge in [-0.1, -0.05) is 120 Å². The van der Waals surface area contributed by atoms with Gasteiger partial charge in [-0.2, -0.15) is 0 Å². The van der Waals surface area contributed by atoms with Crippen LogP contribution >= 0.6 is 0 Å². The third-order valence-corrected chi connectivity index (χ3v) is 9.93. The molecular weight excluding hydrogens is 595 g/mol. The maximum atomic E-state index is 5.26. The van der Waals surface area contributed by atoms with E-state index in [1.54, 1.807) is 0 Å². The van der Waals surface area contributed by atoms with Crippen molar-refractivity contribution in [1.29, 1.82) is 0 Å². The van der Waals surface area contributed by atoms with Crippen molar-refractivity contribution in [3.63, 3.8) is 0 Å². The second kappa shape index (κ2) is 11.1. The molecule has 0 saturated carbocycles. The second-order valence-electron chi connectivity index (χ2n) is 12.6. The van der Waals surface area contributed by atoms with E-state index in [1.807, 2.05) is 12.4 Å². The summed E-state index contributed by atoms with van der Waals surface area (Å²) in [6.45, 7) is 0.0158. The molecule has 8 aromatic rings. The number of hydrogen-bond donors (Lipinski definition) is 0. The number of pyridine rings is 2. The molecule has 2 aliphatic rings. The third-order valence-electron chi connectivity index (χ3n) is 9.93. The summed E-state index contributed by atoms with van der Waals surface area (Å²) in [5.41, 5.74) is 16.2. The molecule has 0 amide bonds. The summed E-state index contributed by atoms with van der Waals surface area (Å²) < 4.78 is 0. The van der Waals surface area contributed by atoms with Crippen molar-refractivity contribution in [2.45, 2.75) is 0 Å². The maximum Gasteiger partial charge on any atom is 0.245 e. The molecule has 0 bridgehead atoms. The lowest BCUT2D eigenvalue weighted by atomic mass is 9.38. The van der Waals surface area contributed by atoms with E-state index in [2.05, 4.69) is 179 Å². The van der Waals surface area contributed by atoms with Gasteiger partial charge in [-0.05, 0) is 82.1 Å². The number of rotatable bonds is 4. The predicted octanol–water partition coefficient (Wildman–Crippen LogP) is 9.05. The van der Waals surface area contributed by atoms with Gasteiger partial charge in [0, 0.05) is 23.8 Å². The highest BCUT2D eigenvalue weighted by molar-refractivity contribution is 6.99. The number of benzene rings is 6. The van der Waals surface area contributed by atoms with Crippen molar-refractivity contribution >= 4 is 68.1 Å². The van der Waals surface area contributed by atoms with Crippen molar-refractivity contribution in [3.8, 4) is 22.4 Å². The predicted molar refractivity (Wildman–Crippen MR) is 204 cm³/mol. The highest BCUT2D eigenvalue weighted by atomic mass is 15.3. The van der Waals surface area contributed by atoms with E-state index in [9.17, 15) is 0 Å². The molecule has 2 aromatic heterocycles. The first-order valence-corrected chi connectivity index (χ1v) is 16.7. The van der Waals surface area contributed by atoms with Gasteiger partial charge in [0.05, 0.1) is 34.0 Å². The fourth-order valence-corrected chi connectivity index (χ4v) is 7.84. The zero-order valence-corrected chi connectivity index (χ0v) is 26.6. The van der Waals surface area contributed by atoms with Crippen LogP contribution < -0.4 is 26.2 Å². The van der Waals surface area contributed by atoms with Crippen LogP contribution in [0.25, 0.3) is 33.3 Å². The van der Waals surface area contributed by atoms with Gasteiger partial charge >= 0.3 is 0 Å². The van der Waals surface area contributed by atoms with Crippen LogP contribution in [-0.2, 0) is 0 Å². The highest BCUT2D eigenvalue weighted by Crippen LogP contribution is 2.53. The number of para-hydroxylation sites is 5. The second-order valence-corrected chi connectivity index (χ2v) is 12.6. The molecule has 0 saturated heterocycles. The zero-order valence-electron chi connectivity index (χ0n) is 26.6. The fourth-order valence-electron chi connectivity index (χ4n) is 7.84. The Kier molecular flexibility index (Phi) is 6.24. The molecule has 0 fully saturated rings. The number of hydrogen-bond acceptors (Lipinski definition) is 4. The Bertz CT molecular complexity index is 2490. The summed E-state index contributed by atoms with van der Waals surface area (Å²) in [6, 6.07) is 58.9. The Hall–Kier alpha value is -6.46. The first kappa shape index (κ1) is 27.6. The van der Waals surface area contributed by atoms with Crippen LogP contribution in [0.1, 0.15) is 0 Å². The Morgan fingerprint density at radius 3 is 1.78 bits per heavy atom. The topological polar surface area (TPSA) is 32.3 Å². The van der Waals surface area contributed by atoms with Crippen LogP contribution in [-0.4, -0.2) is 16.7 Å². The molecule has 4 nitrogen and oxygen atoms in total. The Labute approximate surface area is 285 Å². The smallest absolute Gasteiger partial charge is 0.245 e. The zero-order chi connectivity index (χ0) is 32.3. The average Bonchev–Trinajstić information content (AvgIpc) is 3.49. The summed E-state index contributed by atoms with van der Waals surface area (Å²) in [4.78, 5) is 14.3. The van der Waals surface area contributed by atoms with Gasteiger partial charge < -0.3 is 9.80 Å². The van der Waals surface area contributed by atoms with Gasteiger partial charge in [0.25, 0.3) is 0 Å². The Morgan fingerprint density at radius 2 is 1.04 bits per heavy atom. The minimum atomic E-state index is 0.0158. The number of fused-ring (bicyclic) bond motifs is 6. The molecule has 49 heavy (non-hydrogen) atoms. The fraction of sp³-hybridized carbons (Fsp3) is 0. The van der Waals surface area contributed by atoms with Gasteiger partial charge in [0.1, 0.15) is 0 Å². The van der Waals surface area contributed by atoms with E-state index in [0.717, 1.165) is 50.7 Å². The van der Waals surface area contributed by atoms with E-state index in [0.29, 0.717) is 0 Å². The normalized spacial score (nSPS) is 12.8. The van der Waals surface area contributed by atoms with Gasteiger partial charge in [-0.3, -0.25) is 4.98 Å². The largest absolute Gasteiger partial charge is 0.306 e. The molecule has 10 rings (SSSR count). The summed E-state index contributed by atoms with van der Waals surface area (Å²) in [6.07, 6.45) is 3.72. The van der Waals surface area contributed by atoms with E-state index >= 15 is 0 Å². The van der Waals surface area contributed by atoms with Crippen molar-refractivity contribution in [2.75, 3.05) is 9.80 Å². The van der Waals surface area contributed by atoms with Crippen LogP contribution in [0, 0.1) is 0 Å². The molecule has 0 atom stereocenters. The van der Waals surface area contributed by atoms with Gasteiger partial charge in [-0.15, -0.1) is 0 Å². The monoisotopic (exact) mass is 624 g/mol. The highest BCUT2D eigenvalue weighted by Gasteiger charge is 2.37. The number of anilines is 6. The van der Waals surface area contributed by atoms with Gasteiger partial charge in [-0.25, -0.2) is 4.98 Å². The Balaban J connectivity index is 1.23. The van der Waals surface area contributed by atoms with Gasteiger partial charge in [0.15, 0.2) is 0 Å². The van der Waals surface area contributed by atoms with Crippen molar-refractivity contribution in [1.82, 2.24) is 9.97 Å². The molecular formula is C44H29BN4. The standard InChI is InChI=1S/C44H29BN4/c1-2-12-30(13-3-1)34-23-22-33(29-37(34)45-36-16-6-5-15-35(36)44-38(45)28-31-14-4-7-17-39(31)47-44)49-42-20-10-8-18-40(42)48(32-24-26-46-27-25-32)41-19-9-11-21-43(41)49/h1-29H. The molecule has 0 spiro atoms. The van der Waals surface area contributed by atoms with Crippen LogP contribution in [0.15, 0.2) is 176 Å². The van der Waals surface area contributed by atoms with Crippen LogP contribution in [0.4, 0.5) is 34.1 Å². The molecule has 228 valence electrons. The summed E-state index contributed by atoms with van der Waals surface area (Å²) >= 11 is 0. The number of nitrogens with zero attached hydrogens (tertiary/aromatic N) is 4. The lowest BCUT2D eigenvalue weighted by Gasteiger charge is -2.40. The molecule has 0 unspecified atom stereocenters. The van der Waals surface area contributed by atoms with Gasteiger partial charge in [0.2, 0.25) is 6.71 Å². The maximum absolute atomic E-state index is 5.26. The van der Waals surface area contributed by atoms with E-state index < -0.39 is 0 Å². The molecule has 0 N–H and O–H groups in total. The minimum Gasteiger partial charge on any atom is -0.306 e. The van der Waals surface area contributed by atoms with E-state index in [1.165, 1.54) is 33.1 Å². The molecule has 4 heterocycles. The summed E-state index contributed by atoms with van der Waals surface area (Å²) in [7, 11) is 0.